The van der Waals surface area contributed by atoms with Gasteiger partial charge < -0.3 is 11.1 Å². The van der Waals surface area contributed by atoms with Crippen molar-refractivity contribution in [1.82, 2.24) is 9.62 Å². The zero-order chi connectivity index (χ0) is 18.4. The number of nitrogens with two attached hydrogens (primary N) is 1. The van der Waals surface area contributed by atoms with Gasteiger partial charge in [-0.05, 0) is 42.9 Å². The average Bonchev–Trinajstić information content (AvgIpc) is 3.44. The molecule has 3 N–H and O–H groups in total. The molecule has 0 saturated heterocycles. The van der Waals surface area contributed by atoms with Crippen molar-refractivity contribution < 1.29 is 13.2 Å². The summed E-state index contributed by atoms with van der Waals surface area (Å²) >= 11 is 0. The van der Waals surface area contributed by atoms with Crippen LogP contribution in [0.25, 0.3) is 0 Å². The van der Waals surface area contributed by atoms with Crippen LogP contribution in [0.5, 0.6) is 0 Å². The summed E-state index contributed by atoms with van der Waals surface area (Å²) < 4.78 is 26.3. The molecular weight excluding hydrogens is 374 g/mol. The van der Waals surface area contributed by atoms with Crippen LogP contribution in [-0.4, -0.2) is 44.3 Å². The van der Waals surface area contributed by atoms with Crippen molar-refractivity contribution in [1.29, 1.82) is 0 Å². The Morgan fingerprint density at radius 1 is 1.23 bits per heavy atom. The zero-order valence-electron chi connectivity index (χ0n) is 15.5. The quantitative estimate of drug-likeness (QED) is 0.624. The van der Waals surface area contributed by atoms with E-state index in [4.69, 9.17) is 5.73 Å². The molecule has 0 heterocycles. The number of nitrogens with one attached hydrogen (secondary N) is 1. The van der Waals surface area contributed by atoms with Gasteiger partial charge in [-0.1, -0.05) is 26.0 Å². The Bertz CT molecular complexity index is 671. The molecule has 26 heavy (non-hydrogen) atoms. The highest BCUT2D eigenvalue weighted by Crippen LogP contribution is 2.31. The van der Waals surface area contributed by atoms with Crippen molar-refractivity contribution >= 4 is 28.3 Å². The minimum Gasteiger partial charge on any atom is -0.355 e. The van der Waals surface area contributed by atoms with E-state index in [0.29, 0.717) is 43.3 Å². The zero-order valence-corrected chi connectivity index (χ0v) is 17.1. The van der Waals surface area contributed by atoms with E-state index in [1.807, 2.05) is 13.8 Å². The summed E-state index contributed by atoms with van der Waals surface area (Å²) in [6, 6.07) is 6.85. The number of hydrogen-bond donors (Lipinski definition) is 2. The largest absolute Gasteiger partial charge is 0.355 e. The molecule has 0 bridgehead atoms. The van der Waals surface area contributed by atoms with Crippen molar-refractivity contribution in [2.24, 2.45) is 11.7 Å². The molecule has 0 radical (unpaired) electrons. The molecule has 1 fully saturated rings. The summed E-state index contributed by atoms with van der Waals surface area (Å²) in [4.78, 5) is 12.2. The molecule has 1 amide bonds. The fraction of sp³-hybridized carbons (Fsp3) is 0.611. The van der Waals surface area contributed by atoms with Crippen LogP contribution in [0.15, 0.2) is 29.2 Å². The fourth-order valence-corrected chi connectivity index (χ4v) is 4.27. The molecule has 6 nitrogen and oxygen atoms in total. The number of aryl methyl sites for hydroxylation is 1. The van der Waals surface area contributed by atoms with Gasteiger partial charge in [0.05, 0.1) is 4.90 Å². The first-order valence-corrected chi connectivity index (χ1v) is 10.4. The van der Waals surface area contributed by atoms with Crippen molar-refractivity contribution in [3.8, 4) is 0 Å². The highest BCUT2D eigenvalue weighted by atomic mass is 35.5. The predicted molar refractivity (Wildman–Crippen MR) is 106 cm³/mol. The normalized spacial score (nSPS) is 15.4. The smallest absolute Gasteiger partial charge is 0.243 e. The molecule has 0 aliphatic heterocycles. The maximum atomic E-state index is 12.4. The molecule has 1 saturated carbocycles. The van der Waals surface area contributed by atoms with Crippen molar-refractivity contribution in [2.45, 2.75) is 50.5 Å². The van der Waals surface area contributed by atoms with Crippen LogP contribution in [0.2, 0.25) is 0 Å². The molecule has 0 aromatic heterocycles. The minimum absolute atomic E-state index is 0. The summed E-state index contributed by atoms with van der Waals surface area (Å²) in [5.74, 6) is 0.552. The van der Waals surface area contributed by atoms with E-state index in [2.05, 4.69) is 5.32 Å². The second kappa shape index (κ2) is 10.3. The maximum absolute atomic E-state index is 12.4. The first-order valence-electron chi connectivity index (χ1n) is 8.99. The SMILES string of the molecule is CCN(CC)S(=O)(=O)c1ccc(CCC(=O)NCC(N)C2CC2)cc1.Cl. The lowest BCUT2D eigenvalue weighted by Gasteiger charge is -2.18. The van der Waals surface area contributed by atoms with Gasteiger partial charge in [-0.3, -0.25) is 4.79 Å². The van der Waals surface area contributed by atoms with Gasteiger partial charge in [-0.15, -0.1) is 12.4 Å². The first kappa shape index (κ1) is 22.9. The third-order valence-corrected chi connectivity index (χ3v) is 6.73. The Hall–Kier alpha value is -1.15. The van der Waals surface area contributed by atoms with E-state index in [0.717, 1.165) is 5.56 Å². The molecule has 2 rings (SSSR count). The second-order valence-corrected chi connectivity index (χ2v) is 8.48. The van der Waals surface area contributed by atoms with Gasteiger partial charge in [-0.25, -0.2) is 8.42 Å². The number of amides is 1. The Balaban J connectivity index is 0.00000338. The van der Waals surface area contributed by atoms with E-state index in [1.165, 1.54) is 17.1 Å². The predicted octanol–water partition coefficient (Wildman–Crippen LogP) is 1.93. The number of carbonyl (C=O) groups is 1. The summed E-state index contributed by atoms with van der Waals surface area (Å²) in [7, 11) is -3.43. The van der Waals surface area contributed by atoms with Gasteiger partial charge in [0.15, 0.2) is 0 Å². The summed E-state index contributed by atoms with van der Waals surface area (Å²) in [6.45, 7) is 5.07. The molecule has 0 spiro atoms. The minimum atomic E-state index is -3.43. The molecule has 1 unspecified atom stereocenters. The second-order valence-electron chi connectivity index (χ2n) is 6.54. The van der Waals surface area contributed by atoms with Crippen LogP contribution in [0.1, 0.15) is 38.7 Å². The van der Waals surface area contributed by atoms with Crippen molar-refractivity contribution in [3.05, 3.63) is 29.8 Å². The summed E-state index contributed by atoms with van der Waals surface area (Å²) in [5, 5.41) is 2.87. The maximum Gasteiger partial charge on any atom is 0.243 e. The van der Waals surface area contributed by atoms with Crippen LogP contribution in [0, 0.1) is 5.92 Å². The summed E-state index contributed by atoms with van der Waals surface area (Å²) in [6.07, 6.45) is 3.29. The molecule has 1 aliphatic rings. The molecular formula is C18H30ClN3O3S. The fourth-order valence-electron chi connectivity index (χ4n) is 2.81. The Kier molecular flexibility index (Phi) is 9.03. The van der Waals surface area contributed by atoms with Crippen LogP contribution < -0.4 is 11.1 Å². The monoisotopic (exact) mass is 403 g/mol. The number of benzene rings is 1. The molecule has 1 aromatic rings. The standard InChI is InChI=1S/C18H29N3O3S.ClH/c1-3-21(4-2)25(23,24)16-10-5-14(6-11-16)7-12-18(22)20-13-17(19)15-8-9-15;/h5-6,10-11,15,17H,3-4,7-9,12-13,19H2,1-2H3,(H,20,22);1H. The average molecular weight is 404 g/mol. The van der Waals surface area contributed by atoms with Crippen LogP contribution >= 0.6 is 12.4 Å². The lowest BCUT2D eigenvalue weighted by molar-refractivity contribution is -0.121. The van der Waals surface area contributed by atoms with Gasteiger partial charge in [0, 0.05) is 32.1 Å². The van der Waals surface area contributed by atoms with Gasteiger partial charge in [-0.2, -0.15) is 4.31 Å². The van der Waals surface area contributed by atoms with E-state index >= 15 is 0 Å². The van der Waals surface area contributed by atoms with E-state index in [9.17, 15) is 13.2 Å². The molecule has 1 atom stereocenters. The highest BCUT2D eigenvalue weighted by molar-refractivity contribution is 7.89. The number of nitrogens with zero attached hydrogens (tertiary/aromatic N) is 1. The first-order chi connectivity index (χ1) is 11.9. The third-order valence-electron chi connectivity index (χ3n) is 4.67. The Morgan fingerprint density at radius 2 is 1.81 bits per heavy atom. The van der Waals surface area contributed by atoms with Crippen molar-refractivity contribution in [3.63, 3.8) is 0 Å². The lowest BCUT2D eigenvalue weighted by Crippen LogP contribution is -2.38. The Labute approximate surface area is 163 Å². The lowest BCUT2D eigenvalue weighted by atomic mass is 10.1. The molecule has 8 heteroatoms. The number of hydrogen-bond acceptors (Lipinski definition) is 4. The van der Waals surface area contributed by atoms with Crippen LogP contribution in [0.4, 0.5) is 0 Å². The molecule has 1 aromatic carbocycles. The number of rotatable bonds is 10. The highest BCUT2D eigenvalue weighted by Gasteiger charge is 2.28. The Morgan fingerprint density at radius 3 is 2.31 bits per heavy atom. The number of sulfonamides is 1. The van der Waals surface area contributed by atoms with E-state index < -0.39 is 10.0 Å². The van der Waals surface area contributed by atoms with Gasteiger partial charge >= 0.3 is 0 Å². The topological polar surface area (TPSA) is 92.5 Å². The van der Waals surface area contributed by atoms with Gasteiger partial charge in [0.2, 0.25) is 15.9 Å². The van der Waals surface area contributed by atoms with E-state index in [-0.39, 0.29) is 24.4 Å². The molecule has 1 aliphatic carbocycles. The molecule has 148 valence electrons. The van der Waals surface area contributed by atoms with Crippen LogP contribution in [0.3, 0.4) is 0 Å². The van der Waals surface area contributed by atoms with Gasteiger partial charge in [0.25, 0.3) is 0 Å². The van der Waals surface area contributed by atoms with E-state index in [1.54, 1.807) is 24.3 Å². The van der Waals surface area contributed by atoms with Crippen molar-refractivity contribution in [2.75, 3.05) is 19.6 Å². The van der Waals surface area contributed by atoms with Crippen LogP contribution in [-0.2, 0) is 21.2 Å². The number of carbonyl (C=O) groups excluding carboxylic acids is 1. The number of halogens is 1. The third kappa shape index (κ3) is 6.23. The summed E-state index contributed by atoms with van der Waals surface area (Å²) in [5.41, 5.74) is 6.91. The van der Waals surface area contributed by atoms with Gasteiger partial charge in [0.1, 0.15) is 0 Å².